The van der Waals surface area contributed by atoms with Crippen molar-refractivity contribution in [3.05, 3.63) is 42.0 Å². The average molecular weight is 439 g/mol. The Bertz CT molecular complexity index is 998. The highest BCUT2D eigenvalue weighted by molar-refractivity contribution is 7.89. The Balaban J connectivity index is 2.08. The molecule has 0 radical (unpaired) electrons. The molecule has 0 saturated carbocycles. The third-order valence-electron chi connectivity index (χ3n) is 3.75. The van der Waals surface area contributed by atoms with E-state index in [9.17, 15) is 13.5 Å². The number of hydrogen-bond donors (Lipinski definition) is 3. The van der Waals surface area contributed by atoms with E-state index in [2.05, 4.69) is 15.8 Å². The van der Waals surface area contributed by atoms with Crippen LogP contribution in [0.3, 0.4) is 0 Å². The Hall–Kier alpha value is -2.89. The van der Waals surface area contributed by atoms with Gasteiger partial charge in [-0.15, -0.1) is 0 Å². The van der Waals surface area contributed by atoms with E-state index < -0.39 is 10.0 Å². The van der Waals surface area contributed by atoms with Crippen LogP contribution in [0.25, 0.3) is 0 Å². The number of anilines is 1. The number of thiocarbonyl (C=S) groups is 1. The van der Waals surface area contributed by atoms with Crippen molar-refractivity contribution in [2.45, 2.75) is 4.90 Å². The molecule has 0 aliphatic heterocycles. The van der Waals surface area contributed by atoms with E-state index in [0.29, 0.717) is 11.3 Å². The van der Waals surface area contributed by atoms with Gasteiger partial charge >= 0.3 is 0 Å². The highest BCUT2D eigenvalue weighted by Gasteiger charge is 2.17. The molecular weight excluding hydrogens is 416 g/mol. The van der Waals surface area contributed by atoms with E-state index in [1.807, 2.05) is 0 Å². The monoisotopic (exact) mass is 438 g/mol. The number of hydrazone groups is 1. The maximum Gasteiger partial charge on any atom is 0.242 e. The van der Waals surface area contributed by atoms with Crippen molar-refractivity contribution in [1.82, 2.24) is 9.73 Å². The number of rotatable bonds is 7. The zero-order valence-corrected chi connectivity index (χ0v) is 18.0. The molecule has 0 aromatic heterocycles. The van der Waals surface area contributed by atoms with Crippen molar-refractivity contribution in [3.8, 4) is 17.2 Å². The number of nitrogens with one attached hydrogen (secondary N) is 2. The summed E-state index contributed by atoms with van der Waals surface area (Å²) < 4.78 is 35.7. The summed E-state index contributed by atoms with van der Waals surface area (Å²) in [6, 6.07) is 9.43. The van der Waals surface area contributed by atoms with Gasteiger partial charge in [-0.1, -0.05) is 6.07 Å². The Morgan fingerprint density at radius 2 is 1.79 bits per heavy atom. The van der Waals surface area contributed by atoms with E-state index >= 15 is 0 Å². The third-order valence-corrected chi connectivity index (χ3v) is 5.76. The minimum atomic E-state index is -3.55. The van der Waals surface area contributed by atoms with Gasteiger partial charge < -0.3 is 19.9 Å². The van der Waals surface area contributed by atoms with Crippen LogP contribution < -0.4 is 20.2 Å². The lowest BCUT2D eigenvalue weighted by Gasteiger charge is -2.13. The van der Waals surface area contributed by atoms with Crippen LogP contribution >= 0.6 is 12.2 Å². The van der Waals surface area contributed by atoms with Crippen LogP contribution in [0.15, 0.2) is 46.4 Å². The number of sulfonamides is 1. The highest BCUT2D eigenvalue weighted by atomic mass is 32.2. The first-order valence-electron chi connectivity index (χ1n) is 8.26. The average Bonchev–Trinajstić information content (AvgIpc) is 2.69. The van der Waals surface area contributed by atoms with Crippen LogP contribution in [0.5, 0.6) is 17.2 Å². The molecule has 0 aliphatic rings. The fourth-order valence-corrected chi connectivity index (χ4v) is 3.38. The Labute approximate surface area is 175 Å². The molecule has 0 spiro atoms. The first-order valence-corrected chi connectivity index (χ1v) is 10.1. The molecule has 0 bridgehead atoms. The maximum atomic E-state index is 12.2. The standard InChI is InChI=1S/C18H22N4O5S2/c1-22(2)29(24,25)14-7-5-6-13(10-14)20-18(28)21-19-11-12-8-15(26-3)17(23)16(9-12)27-4/h5-11,23H,1-4H3,(H2,20,21,28)/b19-11+. The summed E-state index contributed by atoms with van der Waals surface area (Å²) >= 11 is 5.17. The van der Waals surface area contributed by atoms with Crippen LogP contribution in [0, 0.1) is 0 Å². The van der Waals surface area contributed by atoms with Crippen molar-refractivity contribution < 1.29 is 23.0 Å². The molecule has 2 aromatic rings. The molecule has 0 saturated heterocycles. The van der Waals surface area contributed by atoms with Crippen LogP contribution in [-0.4, -0.2) is 57.5 Å². The van der Waals surface area contributed by atoms with Gasteiger partial charge in [-0.2, -0.15) is 5.10 Å². The lowest BCUT2D eigenvalue weighted by molar-refractivity contribution is 0.340. The smallest absolute Gasteiger partial charge is 0.242 e. The molecule has 9 nitrogen and oxygen atoms in total. The van der Waals surface area contributed by atoms with Crippen LogP contribution in [0.4, 0.5) is 5.69 Å². The van der Waals surface area contributed by atoms with Gasteiger partial charge in [0.2, 0.25) is 15.8 Å². The summed E-state index contributed by atoms with van der Waals surface area (Å²) in [6.45, 7) is 0. The summed E-state index contributed by atoms with van der Waals surface area (Å²) in [5.41, 5.74) is 3.73. The molecule has 3 N–H and O–H groups in total. The first-order chi connectivity index (χ1) is 13.7. The number of ether oxygens (including phenoxy) is 2. The van der Waals surface area contributed by atoms with E-state index in [4.69, 9.17) is 21.7 Å². The van der Waals surface area contributed by atoms with Crippen molar-refractivity contribution in [3.63, 3.8) is 0 Å². The minimum absolute atomic E-state index is 0.107. The summed E-state index contributed by atoms with van der Waals surface area (Å²) in [4.78, 5) is 0.141. The molecule has 0 heterocycles. The Morgan fingerprint density at radius 1 is 1.17 bits per heavy atom. The zero-order valence-electron chi connectivity index (χ0n) is 16.3. The second-order valence-electron chi connectivity index (χ2n) is 5.91. The van der Waals surface area contributed by atoms with Gasteiger partial charge in [0, 0.05) is 25.3 Å². The summed E-state index contributed by atoms with van der Waals surface area (Å²) in [5.74, 6) is 0.376. The normalized spacial score (nSPS) is 11.5. The number of hydrogen-bond acceptors (Lipinski definition) is 7. The molecule has 0 fully saturated rings. The summed E-state index contributed by atoms with van der Waals surface area (Å²) in [7, 11) is 2.23. The predicted octanol–water partition coefficient (Wildman–Crippen LogP) is 1.98. The zero-order chi connectivity index (χ0) is 21.6. The van der Waals surface area contributed by atoms with E-state index in [1.54, 1.807) is 24.3 Å². The van der Waals surface area contributed by atoms with Crippen LogP contribution in [-0.2, 0) is 10.0 Å². The number of phenols is 1. The fourth-order valence-electron chi connectivity index (χ4n) is 2.26. The number of aromatic hydroxyl groups is 1. The Kier molecular flexibility index (Phi) is 7.37. The van der Waals surface area contributed by atoms with Gasteiger partial charge in [0.05, 0.1) is 25.3 Å². The summed E-state index contributed by atoms with van der Waals surface area (Å²) in [6.07, 6.45) is 1.46. The molecule has 0 amide bonds. The predicted molar refractivity (Wildman–Crippen MR) is 115 cm³/mol. The minimum Gasteiger partial charge on any atom is -0.502 e. The molecule has 2 aromatic carbocycles. The molecule has 0 unspecified atom stereocenters. The lowest BCUT2D eigenvalue weighted by atomic mass is 10.2. The van der Waals surface area contributed by atoms with Gasteiger partial charge in [-0.25, -0.2) is 12.7 Å². The molecule has 0 aliphatic carbocycles. The number of phenolic OH excluding ortho intramolecular Hbond substituents is 1. The molecule has 156 valence electrons. The second kappa shape index (κ2) is 9.54. The van der Waals surface area contributed by atoms with Crippen molar-refractivity contribution in [2.24, 2.45) is 5.10 Å². The summed E-state index contributed by atoms with van der Waals surface area (Å²) in [5, 5.41) is 17.0. The van der Waals surface area contributed by atoms with Crippen LogP contribution in [0.1, 0.15) is 5.56 Å². The third kappa shape index (κ3) is 5.56. The Morgan fingerprint density at radius 3 is 2.34 bits per heavy atom. The second-order valence-corrected chi connectivity index (χ2v) is 8.47. The van der Waals surface area contributed by atoms with Gasteiger partial charge in [0.1, 0.15) is 0 Å². The van der Waals surface area contributed by atoms with Gasteiger partial charge in [-0.05, 0) is 42.5 Å². The fraction of sp³-hybridized carbons (Fsp3) is 0.222. The highest BCUT2D eigenvalue weighted by Crippen LogP contribution is 2.36. The quantitative estimate of drug-likeness (QED) is 0.342. The topological polar surface area (TPSA) is 112 Å². The molecular formula is C18H22N4O5S2. The first kappa shape index (κ1) is 22.4. The largest absolute Gasteiger partial charge is 0.502 e. The van der Waals surface area contributed by atoms with Gasteiger partial charge in [0.25, 0.3) is 0 Å². The molecule has 0 atom stereocenters. The number of benzene rings is 2. The number of nitrogens with zero attached hydrogens (tertiary/aromatic N) is 2. The molecule has 29 heavy (non-hydrogen) atoms. The van der Waals surface area contributed by atoms with E-state index in [-0.39, 0.29) is 27.3 Å². The van der Waals surface area contributed by atoms with E-state index in [1.165, 1.54) is 46.7 Å². The van der Waals surface area contributed by atoms with Gasteiger partial charge in [0.15, 0.2) is 16.6 Å². The van der Waals surface area contributed by atoms with Crippen molar-refractivity contribution in [2.75, 3.05) is 33.6 Å². The maximum absolute atomic E-state index is 12.2. The lowest BCUT2D eigenvalue weighted by Crippen LogP contribution is -2.25. The van der Waals surface area contributed by atoms with Gasteiger partial charge in [-0.3, -0.25) is 5.43 Å². The van der Waals surface area contributed by atoms with E-state index in [0.717, 1.165) is 4.31 Å². The van der Waals surface area contributed by atoms with Crippen LogP contribution in [0.2, 0.25) is 0 Å². The molecule has 11 heteroatoms. The van der Waals surface area contributed by atoms with Crippen molar-refractivity contribution in [1.29, 1.82) is 0 Å². The van der Waals surface area contributed by atoms with Crippen molar-refractivity contribution >= 4 is 39.3 Å². The molecule has 2 rings (SSSR count). The SMILES string of the molecule is COc1cc(/C=N/NC(=S)Nc2cccc(S(=O)(=O)N(C)C)c2)cc(OC)c1O. The number of methoxy groups -OCH3 is 2.